The molecule has 0 radical (unpaired) electrons. The average Bonchev–Trinajstić information content (AvgIpc) is 2.52. The Balaban J connectivity index is 1.99. The quantitative estimate of drug-likeness (QED) is 0.511. The molecule has 126 valence electrons. The van der Waals surface area contributed by atoms with E-state index < -0.39 is 0 Å². The fraction of sp³-hybridized carbons (Fsp3) is 1.00. The third-order valence-electron chi connectivity index (χ3n) is 5.12. The zero-order valence-corrected chi connectivity index (χ0v) is 15.0. The average molecular weight is 297 g/mol. The van der Waals surface area contributed by atoms with Gasteiger partial charge in [0.2, 0.25) is 0 Å². The lowest BCUT2D eigenvalue weighted by molar-refractivity contribution is 0.171. The minimum Gasteiger partial charge on any atom is -0.314 e. The van der Waals surface area contributed by atoms with Crippen molar-refractivity contribution in [2.24, 2.45) is 0 Å². The normalized spacial score (nSPS) is 22.9. The lowest BCUT2D eigenvalue weighted by atomic mass is 9.90. The van der Waals surface area contributed by atoms with Gasteiger partial charge in [-0.05, 0) is 58.7 Å². The van der Waals surface area contributed by atoms with Gasteiger partial charge >= 0.3 is 0 Å². The van der Waals surface area contributed by atoms with Crippen molar-refractivity contribution in [3.63, 3.8) is 0 Å². The van der Waals surface area contributed by atoms with Gasteiger partial charge in [0.1, 0.15) is 0 Å². The van der Waals surface area contributed by atoms with Gasteiger partial charge in [0.15, 0.2) is 0 Å². The molecule has 21 heavy (non-hydrogen) atoms. The van der Waals surface area contributed by atoms with Crippen molar-refractivity contribution in [3.8, 4) is 0 Å². The molecule has 1 aliphatic carbocycles. The van der Waals surface area contributed by atoms with Gasteiger partial charge in [0.05, 0.1) is 0 Å². The Bertz CT molecular complexity index is 222. The molecule has 0 saturated heterocycles. The van der Waals surface area contributed by atoms with Crippen molar-refractivity contribution < 1.29 is 0 Å². The fourth-order valence-electron chi connectivity index (χ4n) is 3.57. The Morgan fingerprint density at radius 1 is 0.810 bits per heavy atom. The summed E-state index contributed by atoms with van der Waals surface area (Å²) in [5.41, 5.74) is 0. The van der Waals surface area contributed by atoms with Crippen LogP contribution in [0.3, 0.4) is 0 Å². The molecular formula is C19H40N2. The van der Waals surface area contributed by atoms with E-state index in [1.807, 2.05) is 0 Å². The van der Waals surface area contributed by atoms with Gasteiger partial charge in [-0.15, -0.1) is 0 Å². The third-order valence-corrected chi connectivity index (χ3v) is 5.12. The van der Waals surface area contributed by atoms with Gasteiger partial charge in [0.25, 0.3) is 0 Å². The standard InChI is InChI=1S/C19H40N2/c1-4-6-7-8-9-10-11-17-21(3)19-14-12-18(13-15-19)20-16-5-2/h18-20H,4-17H2,1-3H3. The van der Waals surface area contributed by atoms with Gasteiger partial charge < -0.3 is 10.2 Å². The summed E-state index contributed by atoms with van der Waals surface area (Å²) in [5, 5.41) is 3.69. The predicted octanol–water partition coefficient (Wildman–Crippen LogP) is 4.98. The molecule has 1 saturated carbocycles. The smallest absolute Gasteiger partial charge is 0.00933 e. The van der Waals surface area contributed by atoms with Gasteiger partial charge in [-0.2, -0.15) is 0 Å². The monoisotopic (exact) mass is 296 g/mol. The van der Waals surface area contributed by atoms with Crippen molar-refractivity contribution in [1.29, 1.82) is 0 Å². The Hall–Kier alpha value is -0.0800. The summed E-state index contributed by atoms with van der Waals surface area (Å²) in [7, 11) is 2.35. The fourth-order valence-corrected chi connectivity index (χ4v) is 3.57. The zero-order chi connectivity index (χ0) is 15.3. The molecule has 0 atom stereocenters. The van der Waals surface area contributed by atoms with Gasteiger partial charge in [0, 0.05) is 12.1 Å². The highest BCUT2D eigenvalue weighted by Crippen LogP contribution is 2.22. The summed E-state index contributed by atoms with van der Waals surface area (Å²) < 4.78 is 0. The molecule has 0 spiro atoms. The van der Waals surface area contributed by atoms with Crippen molar-refractivity contribution in [1.82, 2.24) is 10.2 Å². The first-order valence-corrected chi connectivity index (χ1v) is 9.71. The first-order valence-electron chi connectivity index (χ1n) is 9.71. The van der Waals surface area contributed by atoms with Crippen LogP contribution < -0.4 is 5.32 Å². The number of nitrogens with one attached hydrogen (secondary N) is 1. The van der Waals surface area contributed by atoms with E-state index in [9.17, 15) is 0 Å². The molecule has 0 heterocycles. The van der Waals surface area contributed by atoms with Crippen molar-refractivity contribution in [2.75, 3.05) is 20.1 Å². The lowest BCUT2D eigenvalue weighted by Gasteiger charge is -2.35. The molecule has 1 fully saturated rings. The molecule has 1 N–H and O–H groups in total. The van der Waals surface area contributed by atoms with E-state index in [4.69, 9.17) is 0 Å². The molecule has 0 aromatic carbocycles. The number of unbranched alkanes of at least 4 members (excludes halogenated alkanes) is 6. The summed E-state index contributed by atoms with van der Waals surface area (Å²) >= 11 is 0. The SMILES string of the molecule is CCCCCCCCCN(C)C1CCC(NCCC)CC1. The second kappa shape index (κ2) is 12.5. The molecule has 0 amide bonds. The van der Waals surface area contributed by atoms with Crippen LogP contribution >= 0.6 is 0 Å². The van der Waals surface area contributed by atoms with E-state index in [0.717, 1.165) is 12.1 Å². The van der Waals surface area contributed by atoms with E-state index in [1.165, 1.54) is 90.1 Å². The Morgan fingerprint density at radius 2 is 1.43 bits per heavy atom. The molecule has 1 rings (SSSR count). The molecule has 0 unspecified atom stereocenters. The van der Waals surface area contributed by atoms with Crippen molar-refractivity contribution in [2.45, 2.75) is 103 Å². The maximum Gasteiger partial charge on any atom is 0.00933 e. The van der Waals surface area contributed by atoms with Crippen LogP contribution in [0.1, 0.15) is 90.9 Å². The highest BCUT2D eigenvalue weighted by Gasteiger charge is 2.22. The van der Waals surface area contributed by atoms with E-state index in [1.54, 1.807) is 0 Å². The van der Waals surface area contributed by atoms with Crippen LogP contribution in [0.5, 0.6) is 0 Å². The molecule has 0 bridgehead atoms. The maximum atomic E-state index is 3.69. The van der Waals surface area contributed by atoms with E-state index in [-0.39, 0.29) is 0 Å². The van der Waals surface area contributed by atoms with E-state index in [0.29, 0.717) is 0 Å². The highest BCUT2D eigenvalue weighted by molar-refractivity contribution is 4.81. The molecule has 2 heteroatoms. The van der Waals surface area contributed by atoms with E-state index in [2.05, 4.69) is 31.1 Å². The Kier molecular flexibility index (Phi) is 11.3. The first-order chi connectivity index (χ1) is 10.3. The summed E-state index contributed by atoms with van der Waals surface area (Å²) in [4.78, 5) is 2.64. The second-order valence-corrected chi connectivity index (χ2v) is 7.06. The molecule has 0 aromatic rings. The van der Waals surface area contributed by atoms with Crippen LogP contribution in [0.4, 0.5) is 0 Å². The molecule has 2 nitrogen and oxygen atoms in total. The van der Waals surface area contributed by atoms with Crippen LogP contribution in [0, 0.1) is 0 Å². The largest absolute Gasteiger partial charge is 0.314 e. The van der Waals surface area contributed by atoms with Crippen LogP contribution in [0.15, 0.2) is 0 Å². The third kappa shape index (κ3) is 8.83. The van der Waals surface area contributed by atoms with Crippen molar-refractivity contribution >= 4 is 0 Å². The maximum absolute atomic E-state index is 3.69. The zero-order valence-electron chi connectivity index (χ0n) is 15.0. The van der Waals surface area contributed by atoms with Crippen LogP contribution in [-0.4, -0.2) is 37.1 Å². The Labute approximate surface area is 134 Å². The molecule has 0 aliphatic heterocycles. The molecule has 0 aromatic heterocycles. The van der Waals surface area contributed by atoms with E-state index >= 15 is 0 Å². The topological polar surface area (TPSA) is 15.3 Å². The van der Waals surface area contributed by atoms with Crippen molar-refractivity contribution in [3.05, 3.63) is 0 Å². The first kappa shape index (κ1) is 19.0. The molecule has 1 aliphatic rings. The summed E-state index contributed by atoms with van der Waals surface area (Å²) in [6, 6.07) is 1.65. The van der Waals surface area contributed by atoms with Gasteiger partial charge in [-0.1, -0.05) is 52.4 Å². The predicted molar refractivity (Wildman–Crippen MR) is 95.0 cm³/mol. The number of rotatable bonds is 12. The van der Waals surface area contributed by atoms with Crippen LogP contribution in [-0.2, 0) is 0 Å². The number of nitrogens with zero attached hydrogens (tertiary/aromatic N) is 1. The number of hydrogen-bond acceptors (Lipinski definition) is 2. The molecular weight excluding hydrogens is 256 g/mol. The number of hydrogen-bond donors (Lipinski definition) is 1. The summed E-state index contributed by atoms with van der Waals surface area (Å²) in [5.74, 6) is 0. The minimum absolute atomic E-state index is 0.799. The summed E-state index contributed by atoms with van der Waals surface area (Å²) in [6.07, 6.45) is 16.8. The minimum atomic E-state index is 0.799. The lowest BCUT2D eigenvalue weighted by Crippen LogP contribution is -2.41. The van der Waals surface area contributed by atoms with Crippen LogP contribution in [0.25, 0.3) is 0 Å². The van der Waals surface area contributed by atoms with Crippen LogP contribution in [0.2, 0.25) is 0 Å². The van der Waals surface area contributed by atoms with Gasteiger partial charge in [-0.25, -0.2) is 0 Å². The summed E-state index contributed by atoms with van der Waals surface area (Å²) in [6.45, 7) is 7.06. The second-order valence-electron chi connectivity index (χ2n) is 7.06. The van der Waals surface area contributed by atoms with Gasteiger partial charge in [-0.3, -0.25) is 0 Å². The Morgan fingerprint density at radius 3 is 2.05 bits per heavy atom. The highest BCUT2D eigenvalue weighted by atomic mass is 15.1.